The van der Waals surface area contributed by atoms with Crippen LogP contribution in [-0.2, 0) is 12.8 Å². The monoisotopic (exact) mass is 217 g/mol. The summed E-state index contributed by atoms with van der Waals surface area (Å²) in [7, 11) is 0. The lowest BCUT2D eigenvalue weighted by Crippen LogP contribution is -2.16. The van der Waals surface area contributed by atoms with Crippen LogP contribution in [0.15, 0.2) is 24.3 Å². The number of anilines is 1. The Labute approximate surface area is 94.1 Å². The highest BCUT2D eigenvalue weighted by Gasteiger charge is 2.06. The van der Waals surface area contributed by atoms with Gasteiger partial charge in [-0.05, 0) is 24.5 Å². The second-order valence-electron chi connectivity index (χ2n) is 3.77. The first-order valence-electron chi connectivity index (χ1n) is 5.18. The van der Waals surface area contributed by atoms with Crippen LogP contribution in [0.4, 0.5) is 5.95 Å². The number of hydrogen-bond acceptors (Lipinski definition) is 4. The minimum atomic E-state index is 0.250. The highest BCUT2D eigenvalue weighted by Crippen LogP contribution is 2.10. The van der Waals surface area contributed by atoms with Gasteiger partial charge in [-0.3, -0.25) is 0 Å². The molecule has 0 unspecified atom stereocenters. The molecule has 0 amide bonds. The Morgan fingerprint density at radius 3 is 2.56 bits per heavy atom. The Morgan fingerprint density at radius 1 is 1.19 bits per heavy atom. The fraction of sp³-hybridized carbons (Fsp3) is 0.273. The van der Waals surface area contributed by atoms with E-state index in [1.54, 1.807) is 0 Å². The summed E-state index contributed by atoms with van der Waals surface area (Å²) >= 11 is 0. The van der Waals surface area contributed by atoms with Crippen molar-refractivity contribution in [2.45, 2.75) is 19.8 Å². The van der Waals surface area contributed by atoms with E-state index in [0.29, 0.717) is 5.82 Å². The van der Waals surface area contributed by atoms with E-state index >= 15 is 0 Å². The summed E-state index contributed by atoms with van der Waals surface area (Å²) in [4.78, 5) is 0. The molecule has 0 saturated carbocycles. The van der Waals surface area contributed by atoms with Gasteiger partial charge in [-0.1, -0.05) is 24.3 Å². The minimum Gasteiger partial charge on any atom is -0.366 e. The van der Waals surface area contributed by atoms with Crippen LogP contribution in [0.3, 0.4) is 0 Å². The maximum atomic E-state index is 5.67. The molecule has 0 atom stereocenters. The maximum Gasteiger partial charge on any atom is 0.240 e. The zero-order valence-electron chi connectivity index (χ0n) is 9.22. The quantitative estimate of drug-likeness (QED) is 0.740. The first-order valence-corrected chi connectivity index (χ1v) is 5.18. The molecule has 16 heavy (non-hydrogen) atoms. The van der Waals surface area contributed by atoms with Gasteiger partial charge in [-0.15, -0.1) is 10.2 Å². The third-order valence-electron chi connectivity index (χ3n) is 2.67. The van der Waals surface area contributed by atoms with Crippen molar-refractivity contribution in [3.63, 3.8) is 0 Å². The van der Waals surface area contributed by atoms with Crippen LogP contribution in [0.5, 0.6) is 0 Å². The fourth-order valence-electron chi connectivity index (χ4n) is 1.65. The Balaban J connectivity index is 2.08. The van der Waals surface area contributed by atoms with Crippen molar-refractivity contribution >= 4 is 5.95 Å². The van der Waals surface area contributed by atoms with E-state index in [-0.39, 0.29) is 5.95 Å². The molecule has 0 aliphatic heterocycles. The average Bonchev–Trinajstić information content (AvgIpc) is 2.59. The van der Waals surface area contributed by atoms with Crippen LogP contribution >= 0.6 is 0 Å². The van der Waals surface area contributed by atoms with Gasteiger partial charge in [0.25, 0.3) is 0 Å². The van der Waals surface area contributed by atoms with Crippen LogP contribution in [0.2, 0.25) is 0 Å². The summed E-state index contributed by atoms with van der Waals surface area (Å²) in [5, 5.41) is 7.64. The predicted molar refractivity (Wildman–Crippen MR) is 63.2 cm³/mol. The first kappa shape index (κ1) is 10.5. The van der Waals surface area contributed by atoms with Crippen LogP contribution in [0.25, 0.3) is 0 Å². The SMILES string of the molecule is Cc1ccccc1CCc1nnc(N)n1N. The van der Waals surface area contributed by atoms with Gasteiger partial charge < -0.3 is 11.6 Å². The van der Waals surface area contributed by atoms with E-state index in [1.165, 1.54) is 15.8 Å². The van der Waals surface area contributed by atoms with Crippen molar-refractivity contribution in [2.75, 3.05) is 11.6 Å². The smallest absolute Gasteiger partial charge is 0.240 e. The summed E-state index contributed by atoms with van der Waals surface area (Å²) < 4.78 is 1.33. The molecule has 0 radical (unpaired) electrons. The van der Waals surface area contributed by atoms with Crippen molar-refractivity contribution in [1.82, 2.24) is 14.9 Å². The number of rotatable bonds is 3. The number of nitrogen functional groups attached to an aromatic ring is 2. The van der Waals surface area contributed by atoms with Crippen molar-refractivity contribution in [3.8, 4) is 0 Å². The molecular formula is C11H15N5. The predicted octanol–water partition coefficient (Wildman–Crippen LogP) is 0.668. The van der Waals surface area contributed by atoms with Crippen molar-refractivity contribution < 1.29 is 0 Å². The number of aryl methyl sites for hydroxylation is 3. The van der Waals surface area contributed by atoms with Gasteiger partial charge in [-0.25, -0.2) is 4.68 Å². The molecule has 1 aromatic heterocycles. The molecule has 0 aliphatic rings. The number of aromatic nitrogens is 3. The molecule has 0 fully saturated rings. The molecule has 5 heteroatoms. The van der Waals surface area contributed by atoms with Gasteiger partial charge in [0.05, 0.1) is 0 Å². The molecule has 0 saturated heterocycles. The fourth-order valence-corrected chi connectivity index (χ4v) is 1.65. The third-order valence-corrected chi connectivity index (χ3v) is 2.67. The Hall–Kier alpha value is -2.04. The van der Waals surface area contributed by atoms with E-state index in [0.717, 1.165) is 12.8 Å². The molecule has 0 spiro atoms. The Morgan fingerprint density at radius 2 is 1.94 bits per heavy atom. The zero-order valence-corrected chi connectivity index (χ0v) is 9.22. The van der Waals surface area contributed by atoms with Gasteiger partial charge in [0.15, 0.2) is 5.82 Å². The molecule has 84 valence electrons. The van der Waals surface area contributed by atoms with Crippen molar-refractivity contribution in [3.05, 3.63) is 41.2 Å². The molecule has 1 aromatic carbocycles. The summed E-state index contributed by atoms with van der Waals surface area (Å²) in [6, 6.07) is 8.26. The molecule has 5 nitrogen and oxygen atoms in total. The molecule has 0 aliphatic carbocycles. The van der Waals surface area contributed by atoms with Crippen molar-refractivity contribution in [2.24, 2.45) is 0 Å². The van der Waals surface area contributed by atoms with E-state index in [4.69, 9.17) is 11.6 Å². The van der Waals surface area contributed by atoms with E-state index < -0.39 is 0 Å². The van der Waals surface area contributed by atoms with Gasteiger partial charge in [0, 0.05) is 6.42 Å². The lowest BCUT2D eigenvalue weighted by Gasteiger charge is -2.04. The molecule has 2 aromatic rings. The second-order valence-corrected chi connectivity index (χ2v) is 3.77. The summed E-state index contributed by atoms with van der Waals surface area (Å²) in [5.41, 5.74) is 8.08. The van der Waals surface area contributed by atoms with Gasteiger partial charge in [-0.2, -0.15) is 0 Å². The maximum absolute atomic E-state index is 5.67. The zero-order chi connectivity index (χ0) is 11.5. The number of benzene rings is 1. The third kappa shape index (κ3) is 1.98. The van der Waals surface area contributed by atoms with Crippen LogP contribution in [0, 0.1) is 6.92 Å². The van der Waals surface area contributed by atoms with Crippen LogP contribution < -0.4 is 11.6 Å². The topological polar surface area (TPSA) is 82.8 Å². The lowest BCUT2D eigenvalue weighted by atomic mass is 10.0. The van der Waals surface area contributed by atoms with E-state index in [1.807, 2.05) is 12.1 Å². The van der Waals surface area contributed by atoms with Crippen LogP contribution in [0.1, 0.15) is 17.0 Å². The van der Waals surface area contributed by atoms with Gasteiger partial charge in [0.2, 0.25) is 5.95 Å². The number of nitrogens with zero attached hydrogens (tertiary/aromatic N) is 3. The van der Waals surface area contributed by atoms with E-state index in [2.05, 4.69) is 29.3 Å². The van der Waals surface area contributed by atoms with Crippen LogP contribution in [-0.4, -0.2) is 14.9 Å². The van der Waals surface area contributed by atoms with Crippen molar-refractivity contribution in [1.29, 1.82) is 0 Å². The summed E-state index contributed by atoms with van der Waals surface area (Å²) in [6.45, 7) is 2.09. The number of hydrogen-bond donors (Lipinski definition) is 2. The normalized spacial score (nSPS) is 10.6. The molecule has 2 rings (SSSR count). The Kier molecular flexibility index (Phi) is 2.76. The molecule has 0 bridgehead atoms. The highest BCUT2D eigenvalue weighted by molar-refractivity contribution is 5.26. The van der Waals surface area contributed by atoms with Gasteiger partial charge >= 0.3 is 0 Å². The Bertz CT molecular complexity index is 489. The summed E-state index contributed by atoms with van der Waals surface area (Å²) in [6.07, 6.45) is 1.63. The average molecular weight is 217 g/mol. The van der Waals surface area contributed by atoms with Gasteiger partial charge in [0.1, 0.15) is 0 Å². The second kappa shape index (κ2) is 4.22. The molecule has 4 N–H and O–H groups in total. The highest BCUT2D eigenvalue weighted by atomic mass is 15.4. The summed E-state index contributed by atoms with van der Waals surface area (Å²) in [5.74, 6) is 6.63. The van der Waals surface area contributed by atoms with E-state index in [9.17, 15) is 0 Å². The molecule has 1 heterocycles. The first-order chi connectivity index (χ1) is 7.68. The molecular weight excluding hydrogens is 202 g/mol. The largest absolute Gasteiger partial charge is 0.366 e. The lowest BCUT2D eigenvalue weighted by molar-refractivity contribution is 0.802. The number of nitrogens with two attached hydrogens (primary N) is 2. The minimum absolute atomic E-state index is 0.250. The standard InChI is InChI=1S/C11H15N5/c1-8-4-2-3-5-9(8)6-7-10-14-15-11(12)16(10)13/h2-5H,6-7,13H2,1H3,(H2,12,15).